The van der Waals surface area contributed by atoms with Crippen molar-refractivity contribution in [3.8, 4) is 17.3 Å². The molecule has 1 aliphatic heterocycles. The van der Waals surface area contributed by atoms with Crippen LogP contribution in [0.3, 0.4) is 0 Å². The first-order valence-electron chi connectivity index (χ1n) is 10.2. The van der Waals surface area contributed by atoms with Crippen molar-refractivity contribution in [3.63, 3.8) is 0 Å². The first-order valence-corrected chi connectivity index (χ1v) is 10.2. The fourth-order valence-corrected chi connectivity index (χ4v) is 4.66. The van der Waals surface area contributed by atoms with Gasteiger partial charge in [0.25, 0.3) is 0 Å². The van der Waals surface area contributed by atoms with Gasteiger partial charge in [-0.25, -0.2) is 4.98 Å². The molecule has 0 radical (unpaired) electrons. The number of hydrogen-bond acceptors (Lipinski definition) is 4. The zero-order valence-electron chi connectivity index (χ0n) is 17.3. The van der Waals surface area contributed by atoms with Crippen LogP contribution < -0.4 is 15.4 Å². The van der Waals surface area contributed by atoms with Crippen molar-refractivity contribution >= 4 is 27.6 Å². The minimum absolute atomic E-state index is 0.722. The maximum Gasteiger partial charge on any atom is 0.157 e. The third-order valence-corrected chi connectivity index (χ3v) is 5.99. The number of methoxy groups -OCH3 is 1. The van der Waals surface area contributed by atoms with Gasteiger partial charge in [-0.2, -0.15) is 0 Å². The van der Waals surface area contributed by atoms with Crippen LogP contribution in [0.15, 0.2) is 36.4 Å². The van der Waals surface area contributed by atoms with E-state index in [9.17, 15) is 0 Å². The minimum atomic E-state index is 0.722. The van der Waals surface area contributed by atoms with Gasteiger partial charge in [-0.1, -0.05) is 12.1 Å². The summed E-state index contributed by atoms with van der Waals surface area (Å²) in [6.07, 6.45) is 1.01. The molecule has 0 bridgehead atoms. The Kier molecular flexibility index (Phi) is 4.24. The van der Waals surface area contributed by atoms with E-state index in [0.29, 0.717) is 0 Å². The number of rotatable bonds is 5. The first-order chi connectivity index (χ1) is 14.1. The van der Waals surface area contributed by atoms with Gasteiger partial charge >= 0.3 is 0 Å². The number of hydrogen-bond donors (Lipinski definition) is 1. The Balaban J connectivity index is 1.72. The second-order valence-corrected chi connectivity index (χ2v) is 7.85. The number of imidazole rings is 1. The summed E-state index contributed by atoms with van der Waals surface area (Å²) in [5.74, 6) is 1.84. The molecule has 2 N–H and O–H groups in total. The van der Waals surface area contributed by atoms with Gasteiger partial charge in [0.05, 0.1) is 29.5 Å². The van der Waals surface area contributed by atoms with Gasteiger partial charge in [0, 0.05) is 32.1 Å². The van der Waals surface area contributed by atoms with E-state index < -0.39 is 0 Å². The maximum atomic E-state index is 5.75. The molecule has 0 saturated heterocycles. The molecule has 0 aliphatic carbocycles. The fourth-order valence-electron chi connectivity index (χ4n) is 4.66. The Labute approximate surface area is 170 Å². The highest BCUT2D eigenvalue weighted by Gasteiger charge is 2.24. The standard InChI is InChI=1S/C23H27N5O/c1-15-12-17-22(20(13-15)29-3)26(2)23(25-17)19-14-16-6-4-7-18-21(16)28(19)11-10-27(18)9-5-8-24/h4,6-7,12-14H,5,8-11,24H2,1-3H3. The Bertz CT molecular complexity index is 1220. The summed E-state index contributed by atoms with van der Waals surface area (Å²) in [6, 6.07) is 13.0. The monoisotopic (exact) mass is 389 g/mol. The molecule has 6 nitrogen and oxygen atoms in total. The molecule has 4 aromatic rings. The van der Waals surface area contributed by atoms with Crippen molar-refractivity contribution < 1.29 is 4.74 Å². The number of benzene rings is 2. The maximum absolute atomic E-state index is 5.75. The number of anilines is 1. The molecule has 29 heavy (non-hydrogen) atoms. The van der Waals surface area contributed by atoms with Crippen molar-refractivity contribution in [2.75, 3.05) is 31.6 Å². The zero-order chi connectivity index (χ0) is 20.1. The molecule has 150 valence electrons. The summed E-state index contributed by atoms with van der Waals surface area (Å²) in [5.41, 5.74) is 12.6. The summed E-state index contributed by atoms with van der Waals surface area (Å²) < 4.78 is 10.2. The Hall–Kier alpha value is -2.99. The van der Waals surface area contributed by atoms with Crippen molar-refractivity contribution in [2.45, 2.75) is 19.9 Å². The number of aromatic nitrogens is 3. The van der Waals surface area contributed by atoms with Crippen LogP contribution in [0.2, 0.25) is 0 Å². The second kappa shape index (κ2) is 6.81. The molecule has 6 heteroatoms. The molecule has 0 saturated carbocycles. The predicted octanol–water partition coefficient (Wildman–Crippen LogP) is 3.68. The third-order valence-electron chi connectivity index (χ3n) is 5.99. The second-order valence-electron chi connectivity index (χ2n) is 7.85. The summed E-state index contributed by atoms with van der Waals surface area (Å²) >= 11 is 0. The van der Waals surface area contributed by atoms with Crippen molar-refractivity contribution in [1.29, 1.82) is 0 Å². The highest BCUT2D eigenvalue weighted by molar-refractivity contribution is 5.97. The van der Waals surface area contributed by atoms with E-state index in [-0.39, 0.29) is 0 Å². The van der Waals surface area contributed by atoms with E-state index in [2.05, 4.69) is 64.4 Å². The molecule has 0 fully saturated rings. The number of para-hydroxylation sites is 1. The minimum Gasteiger partial charge on any atom is -0.494 e. The van der Waals surface area contributed by atoms with Crippen LogP contribution in [0.4, 0.5) is 5.69 Å². The van der Waals surface area contributed by atoms with Gasteiger partial charge in [0.15, 0.2) is 5.82 Å². The van der Waals surface area contributed by atoms with Gasteiger partial charge in [-0.15, -0.1) is 0 Å². The van der Waals surface area contributed by atoms with Gasteiger partial charge in [0.1, 0.15) is 11.3 Å². The van der Waals surface area contributed by atoms with E-state index in [1.165, 1.54) is 16.6 Å². The van der Waals surface area contributed by atoms with Crippen LogP contribution >= 0.6 is 0 Å². The molecule has 2 aromatic heterocycles. The van der Waals surface area contributed by atoms with E-state index in [4.69, 9.17) is 15.5 Å². The molecular formula is C23H27N5O. The molecule has 0 unspecified atom stereocenters. The summed E-state index contributed by atoms with van der Waals surface area (Å²) in [6.45, 7) is 5.73. The van der Waals surface area contributed by atoms with Crippen LogP contribution in [-0.2, 0) is 13.6 Å². The molecule has 3 heterocycles. The average Bonchev–Trinajstić information content (AvgIpc) is 3.25. The fraction of sp³-hybridized carbons (Fsp3) is 0.348. The highest BCUT2D eigenvalue weighted by Crippen LogP contribution is 2.38. The number of aryl methyl sites for hydroxylation is 2. The van der Waals surface area contributed by atoms with Gasteiger partial charge < -0.3 is 24.5 Å². The van der Waals surface area contributed by atoms with Crippen molar-refractivity contribution in [2.24, 2.45) is 12.8 Å². The lowest BCUT2D eigenvalue weighted by molar-refractivity contribution is 0.417. The highest BCUT2D eigenvalue weighted by atomic mass is 16.5. The summed E-state index contributed by atoms with van der Waals surface area (Å²) in [5, 5.41) is 1.25. The number of nitrogens with two attached hydrogens (primary N) is 1. The molecular weight excluding hydrogens is 362 g/mol. The Morgan fingerprint density at radius 2 is 2.00 bits per heavy atom. The van der Waals surface area contributed by atoms with Gasteiger partial charge in [-0.05, 0) is 49.7 Å². The molecule has 2 aromatic carbocycles. The van der Waals surface area contributed by atoms with Gasteiger partial charge in [0.2, 0.25) is 0 Å². The average molecular weight is 390 g/mol. The molecule has 1 aliphatic rings. The smallest absolute Gasteiger partial charge is 0.157 e. The normalized spacial score (nSPS) is 13.6. The van der Waals surface area contributed by atoms with Gasteiger partial charge in [-0.3, -0.25) is 0 Å². The zero-order valence-corrected chi connectivity index (χ0v) is 17.3. The first kappa shape index (κ1) is 18.1. The topological polar surface area (TPSA) is 61.2 Å². The number of fused-ring (bicyclic) bond motifs is 1. The lowest BCUT2D eigenvalue weighted by atomic mass is 10.1. The lowest BCUT2D eigenvalue weighted by Gasteiger charge is -2.31. The van der Waals surface area contributed by atoms with E-state index in [1.54, 1.807) is 7.11 Å². The number of ether oxygens (including phenoxy) is 1. The number of nitrogens with zero attached hydrogens (tertiary/aromatic N) is 4. The molecule has 0 amide bonds. The van der Waals surface area contributed by atoms with Crippen LogP contribution in [0, 0.1) is 6.92 Å². The van der Waals surface area contributed by atoms with Crippen molar-refractivity contribution in [1.82, 2.24) is 14.1 Å². The van der Waals surface area contributed by atoms with Crippen LogP contribution in [0.25, 0.3) is 33.5 Å². The van der Waals surface area contributed by atoms with E-state index >= 15 is 0 Å². The van der Waals surface area contributed by atoms with Crippen molar-refractivity contribution in [3.05, 3.63) is 42.0 Å². The third kappa shape index (κ3) is 2.70. The molecule has 5 rings (SSSR count). The quantitative estimate of drug-likeness (QED) is 0.566. The van der Waals surface area contributed by atoms with E-state index in [0.717, 1.165) is 66.5 Å². The Morgan fingerprint density at radius 1 is 1.14 bits per heavy atom. The SMILES string of the molecule is COc1cc(C)cc2nc(-c3cc4cccc5c4n3CCN5CCCN)n(C)c12. The molecule has 0 atom stereocenters. The van der Waals surface area contributed by atoms with Crippen LogP contribution in [-0.4, -0.2) is 40.9 Å². The van der Waals surface area contributed by atoms with Crippen LogP contribution in [0.5, 0.6) is 5.75 Å². The summed E-state index contributed by atoms with van der Waals surface area (Å²) in [4.78, 5) is 7.47. The Morgan fingerprint density at radius 3 is 2.79 bits per heavy atom. The van der Waals surface area contributed by atoms with E-state index in [1.807, 2.05) is 0 Å². The largest absolute Gasteiger partial charge is 0.494 e. The lowest BCUT2D eigenvalue weighted by Crippen LogP contribution is -2.33. The van der Waals surface area contributed by atoms with Crippen LogP contribution in [0.1, 0.15) is 12.0 Å². The molecule has 0 spiro atoms. The summed E-state index contributed by atoms with van der Waals surface area (Å²) in [7, 11) is 3.79. The predicted molar refractivity (Wildman–Crippen MR) is 119 cm³/mol.